The first-order valence-corrected chi connectivity index (χ1v) is 7.94. The molecule has 100 valence electrons. The molecule has 0 aliphatic heterocycles. The lowest BCUT2D eigenvalue weighted by Gasteiger charge is -2.20. The lowest BCUT2D eigenvalue weighted by atomic mass is 10.2. The van der Waals surface area contributed by atoms with Crippen LogP contribution in [0.1, 0.15) is 25.3 Å². The second-order valence-corrected chi connectivity index (χ2v) is 6.86. The number of nitrogens with zero attached hydrogens (tertiary/aromatic N) is 1. The van der Waals surface area contributed by atoms with Crippen LogP contribution in [-0.4, -0.2) is 25.8 Å². The Bertz CT molecular complexity index is 509. The van der Waals surface area contributed by atoms with E-state index in [2.05, 4.69) is 0 Å². The molecule has 0 bridgehead atoms. The average molecular weight is 268 g/mol. The van der Waals surface area contributed by atoms with Crippen molar-refractivity contribution >= 4 is 15.7 Å². The number of nitrogen functional groups attached to an aromatic ring is 1. The zero-order valence-corrected chi connectivity index (χ0v) is 11.5. The van der Waals surface area contributed by atoms with Crippen LogP contribution >= 0.6 is 0 Å². The maximum atomic E-state index is 12.3. The Morgan fingerprint density at radius 1 is 1.39 bits per heavy atom. The van der Waals surface area contributed by atoms with E-state index in [0.29, 0.717) is 24.7 Å². The highest BCUT2D eigenvalue weighted by molar-refractivity contribution is 7.88. The largest absolute Gasteiger partial charge is 0.399 e. The fourth-order valence-electron chi connectivity index (χ4n) is 2.01. The Kier molecular flexibility index (Phi) is 3.92. The number of nitrogens with two attached hydrogens (primary N) is 1. The molecule has 5 heteroatoms. The standard InChI is InChI=1S/C13H20N2O2S/c1-2-15(9-11-6-7-11)18(16,17)10-12-4-3-5-13(14)8-12/h3-5,8,11H,2,6-7,9-10,14H2,1H3. The van der Waals surface area contributed by atoms with Gasteiger partial charge < -0.3 is 5.73 Å². The van der Waals surface area contributed by atoms with Crippen LogP contribution in [0.3, 0.4) is 0 Å². The van der Waals surface area contributed by atoms with Gasteiger partial charge in [0.05, 0.1) is 5.75 Å². The van der Waals surface area contributed by atoms with Gasteiger partial charge in [-0.05, 0) is 36.5 Å². The highest BCUT2D eigenvalue weighted by Gasteiger charge is 2.29. The summed E-state index contributed by atoms with van der Waals surface area (Å²) in [4.78, 5) is 0. The Morgan fingerprint density at radius 2 is 2.11 bits per heavy atom. The highest BCUT2D eigenvalue weighted by Crippen LogP contribution is 2.30. The topological polar surface area (TPSA) is 63.4 Å². The van der Waals surface area contributed by atoms with Crippen LogP contribution in [0.25, 0.3) is 0 Å². The van der Waals surface area contributed by atoms with Gasteiger partial charge in [-0.1, -0.05) is 19.1 Å². The monoisotopic (exact) mass is 268 g/mol. The number of hydrogen-bond donors (Lipinski definition) is 1. The molecule has 0 amide bonds. The minimum Gasteiger partial charge on any atom is -0.399 e. The Labute approximate surface area is 109 Å². The molecule has 0 radical (unpaired) electrons. The van der Waals surface area contributed by atoms with E-state index in [9.17, 15) is 8.42 Å². The first kappa shape index (κ1) is 13.4. The third-order valence-electron chi connectivity index (χ3n) is 3.20. The minimum atomic E-state index is -3.22. The summed E-state index contributed by atoms with van der Waals surface area (Å²) in [5.74, 6) is 0.610. The van der Waals surface area contributed by atoms with Gasteiger partial charge in [0.1, 0.15) is 0 Å². The number of sulfonamides is 1. The third kappa shape index (κ3) is 3.46. The fraction of sp³-hybridized carbons (Fsp3) is 0.538. The fourth-order valence-corrected chi connectivity index (χ4v) is 3.63. The number of hydrogen-bond acceptors (Lipinski definition) is 3. The van der Waals surface area contributed by atoms with Crippen LogP contribution < -0.4 is 5.73 Å². The molecule has 2 N–H and O–H groups in total. The molecule has 1 aromatic rings. The van der Waals surface area contributed by atoms with Crippen LogP contribution in [0, 0.1) is 5.92 Å². The summed E-state index contributed by atoms with van der Waals surface area (Å²) in [6.45, 7) is 3.10. The van der Waals surface area contributed by atoms with E-state index in [-0.39, 0.29) is 5.75 Å². The quantitative estimate of drug-likeness (QED) is 0.801. The van der Waals surface area contributed by atoms with E-state index < -0.39 is 10.0 Å². The summed E-state index contributed by atoms with van der Waals surface area (Å²) in [6, 6.07) is 7.08. The Morgan fingerprint density at radius 3 is 2.67 bits per heavy atom. The lowest BCUT2D eigenvalue weighted by Crippen LogP contribution is -2.33. The molecular weight excluding hydrogens is 248 g/mol. The molecule has 0 atom stereocenters. The first-order valence-electron chi connectivity index (χ1n) is 6.33. The maximum Gasteiger partial charge on any atom is 0.218 e. The second kappa shape index (κ2) is 5.28. The maximum absolute atomic E-state index is 12.3. The van der Waals surface area contributed by atoms with Crippen LogP contribution in [0.2, 0.25) is 0 Å². The van der Waals surface area contributed by atoms with Crippen molar-refractivity contribution in [2.24, 2.45) is 5.92 Å². The summed E-state index contributed by atoms with van der Waals surface area (Å²) in [6.07, 6.45) is 2.31. The molecule has 1 aliphatic rings. The lowest BCUT2D eigenvalue weighted by molar-refractivity contribution is 0.411. The van der Waals surface area contributed by atoms with Crippen LogP contribution in [0.5, 0.6) is 0 Å². The van der Waals surface area contributed by atoms with Crippen molar-refractivity contribution in [3.8, 4) is 0 Å². The van der Waals surface area contributed by atoms with E-state index in [0.717, 1.165) is 18.4 Å². The van der Waals surface area contributed by atoms with Crippen molar-refractivity contribution in [2.45, 2.75) is 25.5 Å². The molecule has 0 heterocycles. The molecule has 0 spiro atoms. The smallest absolute Gasteiger partial charge is 0.218 e. The zero-order valence-electron chi connectivity index (χ0n) is 10.7. The molecule has 1 aliphatic carbocycles. The van der Waals surface area contributed by atoms with Gasteiger partial charge in [-0.2, -0.15) is 0 Å². The molecule has 0 saturated heterocycles. The van der Waals surface area contributed by atoms with Gasteiger partial charge in [-0.25, -0.2) is 12.7 Å². The highest BCUT2D eigenvalue weighted by atomic mass is 32.2. The van der Waals surface area contributed by atoms with Crippen LogP contribution in [-0.2, 0) is 15.8 Å². The normalized spacial score (nSPS) is 16.1. The minimum absolute atomic E-state index is 0.0403. The number of anilines is 1. The molecule has 1 aromatic carbocycles. The van der Waals surface area contributed by atoms with Crippen molar-refractivity contribution in [3.05, 3.63) is 29.8 Å². The van der Waals surface area contributed by atoms with Gasteiger partial charge >= 0.3 is 0 Å². The SMILES string of the molecule is CCN(CC1CC1)S(=O)(=O)Cc1cccc(N)c1. The van der Waals surface area contributed by atoms with Gasteiger partial charge in [-0.15, -0.1) is 0 Å². The van der Waals surface area contributed by atoms with Crippen molar-refractivity contribution in [3.63, 3.8) is 0 Å². The summed E-state index contributed by atoms with van der Waals surface area (Å²) in [7, 11) is -3.22. The van der Waals surface area contributed by atoms with E-state index in [4.69, 9.17) is 5.73 Å². The van der Waals surface area contributed by atoms with Gasteiger partial charge in [0.15, 0.2) is 0 Å². The van der Waals surface area contributed by atoms with Crippen LogP contribution in [0.15, 0.2) is 24.3 Å². The van der Waals surface area contributed by atoms with E-state index in [1.807, 2.05) is 6.92 Å². The molecule has 1 saturated carbocycles. The Balaban J connectivity index is 2.09. The second-order valence-electron chi connectivity index (χ2n) is 4.90. The third-order valence-corrected chi connectivity index (χ3v) is 5.10. The van der Waals surface area contributed by atoms with Crippen molar-refractivity contribution < 1.29 is 8.42 Å². The van der Waals surface area contributed by atoms with E-state index in [1.165, 1.54) is 0 Å². The summed E-state index contributed by atoms with van der Waals surface area (Å²) >= 11 is 0. The summed E-state index contributed by atoms with van der Waals surface area (Å²) in [5.41, 5.74) is 7.03. The van der Waals surface area contributed by atoms with E-state index >= 15 is 0 Å². The van der Waals surface area contributed by atoms with Crippen molar-refractivity contribution in [2.75, 3.05) is 18.8 Å². The molecule has 1 fully saturated rings. The Hall–Kier alpha value is -1.07. The van der Waals surface area contributed by atoms with Crippen molar-refractivity contribution in [1.29, 1.82) is 0 Å². The van der Waals surface area contributed by atoms with Crippen molar-refractivity contribution in [1.82, 2.24) is 4.31 Å². The first-order chi connectivity index (χ1) is 8.51. The van der Waals surface area contributed by atoms with Gasteiger partial charge in [0.2, 0.25) is 10.0 Å². The van der Waals surface area contributed by atoms with E-state index in [1.54, 1.807) is 28.6 Å². The average Bonchev–Trinajstić information content (AvgIpc) is 3.08. The predicted octanol–water partition coefficient (Wildman–Crippen LogP) is 1.83. The summed E-state index contributed by atoms with van der Waals surface area (Å²) in [5, 5.41) is 0. The number of rotatable bonds is 6. The summed E-state index contributed by atoms with van der Waals surface area (Å²) < 4.78 is 26.2. The molecule has 0 aromatic heterocycles. The molecule has 2 rings (SSSR count). The van der Waals surface area contributed by atoms with Crippen LogP contribution in [0.4, 0.5) is 5.69 Å². The predicted molar refractivity (Wildman–Crippen MR) is 73.4 cm³/mol. The van der Waals surface area contributed by atoms with Gasteiger partial charge in [0.25, 0.3) is 0 Å². The van der Waals surface area contributed by atoms with Gasteiger partial charge in [0, 0.05) is 18.8 Å². The van der Waals surface area contributed by atoms with Gasteiger partial charge in [-0.3, -0.25) is 0 Å². The zero-order chi connectivity index (χ0) is 13.2. The molecule has 18 heavy (non-hydrogen) atoms. The number of benzene rings is 1. The molecule has 4 nitrogen and oxygen atoms in total. The molecular formula is C13H20N2O2S. The molecule has 0 unspecified atom stereocenters.